The highest BCUT2D eigenvalue weighted by molar-refractivity contribution is 6.13. The predicted octanol–water partition coefficient (Wildman–Crippen LogP) is 27.5. The van der Waals surface area contributed by atoms with Gasteiger partial charge in [0, 0.05) is 113 Å². The molecule has 11 aromatic carbocycles. The molecule has 0 radical (unpaired) electrons. The van der Waals surface area contributed by atoms with E-state index in [0.717, 1.165) is 85.7 Å². The van der Waals surface area contributed by atoms with E-state index in [2.05, 4.69) is 340 Å². The van der Waals surface area contributed by atoms with Gasteiger partial charge in [-0.3, -0.25) is 9.97 Å². The molecular formula is C106H96N8. The van der Waals surface area contributed by atoms with Crippen molar-refractivity contribution in [2.24, 2.45) is 0 Å². The van der Waals surface area contributed by atoms with Gasteiger partial charge in [-0.2, -0.15) is 0 Å². The first-order chi connectivity index (χ1) is 54.9. The van der Waals surface area contributed by atoms with E-state index >= 15 is 0 Å². The summed E-state index contributed by atoms with van der Waals surface area (Å²) in [6.07, 6.45) is 1.68. The van der Waals surface area contributed by atoms with E-state index in [1.807, 2.05) is 6.92 Å². The maximum absolute atomic E-state index is 5.06. The minimum Gasteiger partial charge on any atom is -0.341 e. The summed E-state index contributed by atoms with van der Waals surface area (Å²) in [5.74, 6) is 0.749. The van der Waals surface area contributed by atoms with Gasteiger partial charge < -0.3 is 9.47 Å². The molecule has 1 aliphatic carbocycles. The molecule has 2 atom stereocenters. The third kappa shape index (κ3) is 11.9. The third-order valence-electron chi connectivity index (χ3n) is 25.9. The molecule has 0 fully saturated rings. The number of hydrogen-bond acceptors (Lipinski definition) is 7. The van der Waals surface area contributed by atoms with E-state index in [4.69, 9.17) is 29.9 Å². The summed E-state index contributed by atoms with van der Waals surface area (Å²) >= 11 is 0. The van der Waals surface area contributed by atoms with E-state index in [1.165, 1.54) is 194 Å². The number of fused-ring (bicyclic) bond motifs is 8. The van der Waals surface area contributed by atoms with Crippen molar-refractivity contribution in [3.8, 4) is 100 Å². The second kappa shape index (κ2) is 28.0. The van der Waals surface area contributed by atoms with Crippen molar-refractivity contribution in [2.45, 2.75) is 150 Å². The van der Waals surface area contributed by atoms with Crippen LogP contribution in [0.1, 0.15) is 129 Å². The largest absolute Gasteiger partial charge is 0.341 e. The number of rotatable bonds is 12. The molecule has 0 saturated heterocycles. The molecule has 2 aliphatic rings. The Labute approximate surface area is 670 Å². The van der Waals surface area contributed by atoms with Gasteiger partial charge in [0.15, 0.2) is 0 Å². The fourth-order valence-corrected chi connectivity index (χ4v) is 20.0. The molecule has 18 rings (SSSR count). The Morgan fingerprint density at radius 1 is 0.325 bits per heavy atom. The Bertz CT molecular complexity index is 6820. The van der Waals surface area contributed by atoms with Crippen molar-refractivity contribution >= 4 is 60.3 Å². The van der Waals surface area contributed by atoms with Gasteiger partial charge in [0.2, 0.25) is 0 Å². The molecule has 8 nitrogen and oxygen atoms in total. The lowest BCUT2D eigenvalue weighted by atomic mass is 9.70. The van der Waals surface area contributed by atoms with Crippen LogP contribution in [0.2, 0.25) is 0 Å². The standard InChI is InChI=1S/C106H96N8/c1-20-113-95-42-40-79(52-93(95)94-53-91(80-25-22-28-83(48-80)98-63(9)60(6)66(12)110-70(98)16)92(54-96(94)113)81-26-21-27-82(47-81)97-56(2)43-57(3)109-69(97)15)78-38-34-74-33-36-76(44-88(74)45-78)77-37-35-75-39-41-90(51-89(75)46-77)114-105-64(10)58(4)61(7)99(84-29-23-31-86(49-84)101-67(13)107-55-108-68(101)14)103(105)104-100(62(8)59(5)65(11)106(104)114)85-30-24-32-87(50-85)102-71(17)111-73(19)112-72(102)18/h21-55,104,106H,20H2,1-19H3. The zero-order chi connectivity index (χ0) is 79.3. The third-order valence-corrected chi connectivity index (χ3v) is 25.9. The SMILES string of the molecule is CCn1c2ccc(-c3ccc4ccc(-c5ccc6ccc(N7c8c(C)c(C)c(C)c(-c9cccc(-c%10c(C)ncnc%10C)c9)c8C8C(c9cccc(-c%10c(C)nc(C)nc%10C)c9)=C(C)C(C)=C(C)C87)cc6c5)cc4c3)cc2c2cc(-c3cccc(-c4c(C)nc(C)c(C)c4C)c3)c(-c3cccc(-c4c(C)cc(C)nc4C)c3)cc21. The van der Waals surface area contributed by atoms with Crippen LogP contribution >= 0.6 is 0 Å². The van der Waals surface area contributed by atoms with Gasteiger partial charge >= 0.3 is 0 Å². The summed E-state index contributed by atoms with van der Waals surface area (Å²) in [5.41, 5.74) is 49.7. The predicted molar refractivity (Wildman–Crippen MR) is 479 cm³/mol. The normalized spacial score (nSPS) is 14.2. The Balaban J connectivity index is 0.753. The number of nitrogens with zero attached hydrogens (tertiary/aromatic N) is 8. The van der Waals surface area contributed by atoms with E-state index in [9.17, 15) is 0 Å². The molecule has 2 unspecified atom stereocenters. The molecule has 8 heteroatoms. The van der Waals surface area contributed by atoms with Gasteiger partial charge in [0.25, 0.3) is 0 Å². The smallest absolute Gasteiger partial charge is 0.125 e. The van der Waals surface area contributed by atoms with E-state index in [0.29, 0.717) is 0 Å². The minimum absolute atomic E-state index is 0.0384. The van der Waals surface area contributed by atoms with Crippen LogP contribution in [-0.4, -0.2) is 40.5 Å². The van der Waals surface area contributed by atoms with Gasteiger partial charge in [-0.05, 0) is 383 Å². The topological polar surface area (TPSA) is 85.5 Å². The maximum Gasteiger partial charge on any atom is 0.125 e. The minimum atomic E-state index is -0.0403. The number of pyridine rings is 2. The summed E-state index contributed by atoms with van der Waals surface area (Å²) in [6, 6.07) is 79.2. The zero-order valence-corrected chi connectivity index (χ0v) is 69.1. The fourth-order valence-electron chi connectivity index (χ4n) is 20.0. The van der Waals surface area contributed by atoms with Crippen LogP contribution < -0.4 is 4.90 Å². The van der Waals surface area contributed by atoms with Crippen molar-refractivity contribution in [2.75, 3.05) is 4.90 Å². The summed E-state index contributed by atoms with van der Waals surface area (Å²) < 4.78 is 2.51. The number of anilines is 2. The Morgan fingerprint density at radius 3 is 1.40 bits per heavy atom. The van der Waals surface area contributed by atoms with Gasteiger partial charge in [-0.1, -0.05) is 121 Å². The highest BCUT2D eigenvalue weighted by Crippen LogP contribution is 2.62. The molecule has 560 valence electrons. The molecule has 6 heterocycles. The molecular weight excluding hydrogens is 1390 g/mol. The average molecular weight is 1480 g/mol. The van der Waals surface area contributed by atoms with E-state index < -0.39 is 0 Å². The molecule has 0 N–H and O–H groups in total. The molecule has 5 aromatic heterocycles. The summed E-state index contributed by atoms with van der Waals surface area (Å²) in [5, 5.41) is 7.26. The van der Waals surface area contributed by atoms with Crippen LogP contribution in [0.4, 0.5) is 11.4 Å². The Hall–Kier alpha value is -12.5. The number of allylic oxidation sites excluding steroid dienone is 2. The lowest BCUT2D eigenvalue weighted by Crippen LogP contribution is -2.35. The Kier molecular flexibility index (Phi) is 17.9. The number of aromatic nitrogens is 7. The van der Waals surface area contributed by atoms with Crippen LogP contribution in [0.3, 0.4) is 0 Å². The lowest BCUT2D eigenvalue weighted by molar-refractivity contribution is 0.704. The summed E-state index contributed by atoms with van der Waals surface area (Å²) in [7, 11) is 0. The Morgan fingerprint density at radius 2 is 0.798 bits per heavy atom. The quantitative estimate of drug-likeness (QED) is 0.120. The lowest BCUT2D eigenvalue weighted by Gasteiger charge is -2.38. The van der Waals surface area contributed by atoms with E-state index in [-0.39, 0.29) is 12.0 Å². The van der Waals surface area contributed by atoms with Crippen molar-refractivity contribution in [1.82, 2.24) is 34.5 Å². The van der Waals surface area contributed by atoms with Crippen LogP contribution in [0.5, 0.6) is 0 Å². The molecule has 0 spiro atoms. The highest BCUT2D eigenvalue weighted by atomic mass is 15.2. The molecule has 0 bridgehead atoms. The average Bonchev–Trinajstić information content (AvgIpc) is 1.53. The first kappa shape index (κ1) is 73.0. The number of hydrogen-bond donors (Lipinski definition) is 0. The first-order valence-corrected chi connectivity index (χ1v) is 40.3. The van der Waals surface area contributed by atoms with Gasteiger partial charge in [0.1, 0.15) is 12.2 Å². The second-order valence-corrected chi connectivity index (χ2v) is 32.6. The molecule has 16 aromatic rings. The highest BCUT2D eigenvalue weighted by Gasteiger charge is 2.49. The van der Waals surface area contributed by atoms with Crippen LogP contribution in [0, 0.1) is 104 Å². The molecule has 0 saturated carbocycles. The van der Waals surface area contributed by atoms with Crippen molar-refractivity contribution in [1.29, 1.82) is 0 Å². The zero-order valence-electron chi connectivity index (χ0n) is 69.1. The summed E-state index contributed by atoms with van der Waals surface area (Å²) in [4.78, 5) is 32.0. The van der Waals surface area contributed by atoms with Crippen molar-refractivity contribution < 1.29 is 0 Å². The number of benzene rings is 11. The van der Waals surface area contributed by atoms with Crippen LogP contribution in [-0.2, 0) is 6.54 Å². The summed E-state index contributed by atoms with van der Waals surface area (Å²) in [6.45, 7) is 42.8. The first-order valence-electron chi connectivity index (χ1n) is 40.3. The number of aryl methyl sites for hydroxylation is 11. The molecule has 0 amide bonds. The van der Waals surface area contributed by atoms with Crippen LogP contribution in [0.25, 0.3) is 149 Å². The van der Waals surface area contributed by atoms with E-state index in [1.54, 1.807) is 6.33 Å². The maximum atomic E-state index is 5.06. The van der Waals surface area contributed by atoms with Gasteiger partial charge in [0.05, 0.1) is 6.04 Å². The monoisotopic (exact) mass is 1480 g/mol. The van der Waals surface area contributed by atoms with Crippen LogP contribution in [0.15, 0.2) is 229 Å². The fraction of sp³-hybridized carbons (Fsp3) is 0.208. The van der Waals surface area contributed by atoms with Gasteiger partial charge in [-0.25, -0.2) is 19.9 Å². The van der Waals surface area contributed by atoms with Crippen molar-refractivity contribution in [3.05, 3.63) is 325 Å². The van der Waals surface area contributed by atoms with Crippen molar-refractivity contribution in [3.63, 3.8) is 0 Å². The van der Waals surface area contributed by atoms with Gasteiger partial charge in [-0.15, -0.1) is 0 Å². The molecule has 1 aliphatic heterocycles. The second-order valence-electron chi connectivity index (χ2n) is 32.6. The molecule has 114 heavy (non-hydrogen) atoms.